The highest BCUT2D eigenvalue weighted by atomic mass is 32.1. The molecule has 0 bridgehead atoms. The molecule has 0 saturated carbocycles. The van der Waals surface area contributed by atoms with Gasteiger partial charge in [0.25, 0.3) is 11.8 Å². The van der Waals surface area contributed by atoms with Gasteiger partial charge in [-0.15, -0.1) is 11.3 Å². The number of fused-ring (bicyclic) bond motifs is 1. The number of carbonyl (C=O) groups is 3. The molecular formula is C24H28N2O4S. The van der Waals surface area contributed by atoms with E-state index in [1.807, 2.05) is 29.6 Å². The van der Waals surface area contributed by atoms with E-state index in [-0.39, 0.29) is 36.4 Å². The summed E-state index contributed by atoms with van der Waals surface area (Å²) in [7, 11) is 1.79. The molecule has 4 rings (SSSR count). The van der Waals surface area contributed by atoms with E-state index in [1.165, 1.54) is 22.5 Å². The number of likely N-dealkylation sites (tertiary alicyclic amines) is 1. The lowest BCUT2D eigenvalue weighted by atomic mass is 9.87. The molecular weight excluding hydrogens is 412 g/mol. The van der Waals surface area contributed by atoms with Gasteiger partial charge in [0.15, 0.2) is 6.61 Å². The van der Waals surface area contributed by atoms with Crippen molar-refractivity contribution in [2.24, 2.45) is 5.92 Å². The first kappa shape index (κ1) is 21.6. The van der Waals surface area contributed by atoms with E-state index in [1.54, 1.807) is 16.8 Å². The molecule has 1 unspecified atom stereocenters. The predicted octanol–water partition coefficient (Wildman–Crippen LogP) is 3.68. The van der Waals surface area contributed by atoms with Crippen LogP contribution in [0.15, 0.2) is 41.8 Å². The Bertz CT molecular complexity index is 935. The van der Waals surface area contributed by atoms with Crippen molar-refractivity contribution in [2.45, 2.75) is 38.1 Å². The highest BCUT2D eigenvalue weighted by Gasteiger charge is 2.31. The number of ether oxygens (including phenoxy) is 1. The van der Waals surface area contributed by atoms with Crippen molar-refractivity contribution in [1.82, 2.24) is 9.80 Å². The Balaban J connectivity index is 1.26. The lowest BCUT2D eigenvalue weighted by Crippen LogP contribution is -2.41. The minimum Gasteiger partial charge on any atom is -0.455 e. The van der Waals surface area contributed by atoms with Crippen molar-refractivity contribution < 1.29 is 19.1 Å². The second-order valence-electron chi connectivity index (χ2n) is 8.26. The summed E-state index contributed by atoms with van der Waals surface area (Å²) in [5.41, 5.74) is 2.48. The van der Waals surface area contributed by atoms with Gasteiger partial charge in [-0.3, -0.25) is 14.4 Å². The van der Waals surface area contributed by atoms with Crippen LogP contribution < -0.4 is 0 Å². The number of rotatable bonds is 5. The zero-order valence-electron chi connectivity index (χ0n) is 17.8. The first-order valence-corrected chi connectivity index (χ1v) is 11.8. The largest absolute Gasteiger partial charge is 0.455 e. The van der Waals surface area contributed by atoms with E-state index in [0.717, 1.165) is 24.1 Å². The van der Waals surface area contributed by atoms with Gasteiger partial charge in [0, 0.05) is 20.1 Å². The van der Waals surface area contributed by atoms with Gasteiger partial charge in [-0.2, -0.15) is 0 Å². The third-order valence-corrected chi connectivity index (χ3v) is 7.24. The number of carbonyl (C=O) groups excluding carboxylic acids is 3. The first-order chi connectivity index (χ1) is 15.0. The van der Waals surface area contributed by atoms with Crippen LogP contribution in [0.25, 0.3) is 0 Å². The van der Waals surface area contributed by atoms with E-state index >= 15 is 0 Å². The van der Waals surface area contributed by atoms with Crippen LogP contribution in [-0.2, 0) is 20.7 Å². The molecule has 1 atom stereocenters. The number of hydrogen-bond acceptors (Lipinski definition) is 5. The fourth-order valence-corrected chi connectivity index (χ4v) is 5.22. The van der Waals surface area contributed by atoms with Crippen LogP contribution in [0.2, 0.25) is 0 Å². The summed E-state index contributed by atoms with van der Waals surface area (Å²) in [6.45, 7) is 0.828. The highest BCUT2D eigenvalue weighted by molar-refractivity contribution is 7.12. The maximum atomic E-state index is 12.7. The lowest BCUT2D eigenvalue weighted by molar-refractivity contribution is -0.157. The molecule has 1 aliphatic carbocycles. The van der Waals surface area contributed by atoms with Gasteiger partial charge >= 0.3 is 5.97 Å². The lowest BCUT2D eigenvalue weighted by Gasteiger charge is -2.33. The molecule has 2 amide bonds. The number of nitrogens with zero attached hydrogens (tertiary/aromatic N) is 2. The minimum atomic E-state index is -0.339. The van der Waals surface area contributed by atoms with Gasteiger partial charge in [-0.05, 0) is 54.7 Å². The van der Waals surface area contributed by atoms with Crippen LogP contribution in [0.4, 0.5) is 0 Å². The molecule has 6 nitrogen and oxygen atoms in total. The minimum absolute atomic E-state index is 0.0198. The average Bonchev–Trinajstić information content (AvgIpc) is 3.36. The number of likely N-dealkylation sites (N-methyl/N-ethyl adjacent to an activating group) is 1. The summed E-state index contributed by atoms with van der Waals surface area (Å²) in [6, 6.07) is 12.0. The fourth-order valence-electron chi connectivity index (χ4n) is 4.53. The van der Waals surface area contributed by atoms with Crippen LogP contribution in [0.5, 0.6) is 0 Å². The Kier molecular flexibility index (Phi) is 6.70. The van der Waals surface area contributed by atoms with Gasteiger partial charge < -0.3 is 14.5 Å². The van der Waals surface area contributed by atoms with Gasteiger partial charge in [-0.25, -0.2) is 0 Å². The van der Waals surface area contributed by atoms with Crippen LogP contribution in [0, 0.1) is 5.92 Å². The van der Waals surface area contributed by atoms with Crippen LogP contribution in [-0.4, -0.2) is 54.3 Å². The molecule has 31 heavy (non-hydrogen) atoms. The molecule has 1 aliphatic heterocycles. The maximum absolute atomic E-state index is 12.7. The molecule has 1 fully saturated rings. The Morgan fingerprint density at radius 1 is 1.10 bits per heavy atom. The summed E-state index contributed by atoms with van der Waals surface area (Å²) >= 11 is 1.43. The topological polar surface area (TPSA) is 66.9 Å². The van der Waals surface area contributed by atoms with Crippen molar-refractivity contribution in [3.05, 3.63) is 57.8 Å². The standard InChI is InChI=1S/C24H28N2O4S/c1-25(20-9-4-7-17-6-2-3-8-19(17)20)22(27)16-30-24(29)18-11-13-26(14-12-18)23(28)21-10-5-15-31-21/h2-3,5-6,8,10,15,18,20H,4,7,9,11-14,16H2,1H3. The van der Waals surface area contributed by atoms with E-state index in [9.17, 15) is 14.4 Å². The Hall–Kier alpha value is -2.67. The Morgan fingerprint density at radius 3 is 2.61 bits per heavy atom. The highest BCUT2D eigenvalue weighted by Crippen LogP contribution is 2.33. The average molecular weight is 441 g/mol. The zero-order valence-corrected chi connectivity index (χ0v) is 18.6. The molecule has 0 N–H and O–H groups in total. The molecule has 164 valence electrons. The summed E-state index contributed by atoms with van der Waals surface area (Å²) < 4.78 is 5.38. The molecule has 1 saturated heterocycles. The predicted molar refractivity (Wildman–Crippen MR) is 119 cm³/mol. The molecule has 0 spiro atoms. The van der Waals surface area contributed by atoms with Crippen LogP contribution in [0.1, 0.15) is 52.5 Å². The van der Waals surface area contributed by atoms with E-state index in [2.05, 4.69) is 12.1 Å². The second kappa shape index (κ2) is 9.64. The quantitative estimate of drug-likeness (QED) is 0.666. The van der Waals surface area contributed by atoms with Crippen molar-refractivity contribution >= 4 is 29.1 Å². The fraction of sp³-hybridized carbons (Fsp3) is 0.458. The Morgan fingerprint density at radius 2 is 1.87 bits per heavy atom. The summed E-state index contributed by atoms with van der Waals surface area (Å²) in [6.07, 6.45) is 4.13. The number of thiophene rings is 1. The van der Waals surface area contributed by atoms with E-state index in [4.69, 9.17) is 4.74 Å². The smallest absolute Gasteiger partial charge is 0.309 e. The zero-order chi connectivity index (χ0) is 21.8. The molecule has 2 aliphatic rings. The SMILES string of the molecule is CN(C(=O)COC(=O)C1CCN(C(=O)c2cccs2)CC1)C1CCCc2ccccc21. The third-order valence-electron chi connectivity index (χ3n) is 6.38. The van der Waals surface area contributed by atoms with Crippen molar-refractivity contribution in [3.8, 4) is 0 Å². The number of aryl methyl sites for hydroxylation is 1. The number of amides is 2. The molecule has 0 radical (unpaired) electrons. The van der Waals surface area contributed by atoms with Crippen molar-refractivity contribution in [3.63, 3.8) is 0 Å². The second-order valence-corrected chi connectivity index (χ2v) is 9.21. The normalized spacial score (nSPS) is 18.9. The monoisotopic (exact) mass is 440 g/mol. The molecule has 1 aromatic carbocycles. The van der Waals surface area contributed by atoms with E-state index in [0.29, 0.717) is 25.9 Å². The van der Waals surface area contributed by atoms with Crippen molar-refractivity contribution in [2.75, 3.05) is 26.7 Å². The van der Waals surface area contributed by atoms with Crippen LogP contribution in [0.3, 0.4) is 0 Å². The van der Waals surface area contributed by atoms with E-state index < -0.39 is 0 Å². The molecule has 2 heterocycles. The molecule has 7 heteroatoms. The van der Waals surface area contributed by atoms with Crippen LogP contribution >= 0.6 is 11.3 Å². The maximum Gasteiger partial charge on any atom is 0.309 e. The van der Waals surface area contributed by atoms with Gasteiger partial charge in [0.05, 0.1) is 16.8 Å². The first-order valence-electron chi connectivity index (χ1n) is 10.9. The number of esters is 1. The molecule has 1 aromatic heterocycles. The van der Waals surface area contributed by atoms with Gasteiger partial charge in [-0.1, -0.05) is 30.3 Å². The van der Waals surface area contributed by atoms with Gasteiger partial charge in [0.1, 0.15) is 0 Å². The van der Waals surface area contributed by atoms with Gasteiger partial charge in [0.2, 0.25) is 0 Å². The summed E-state index contributed by atoms with van der Waals surface area (Å²) in [5.74, 6) is -0.762. The summed E-state index contributed by atoms with van der Waals surface area (Å²) in [4.78, 5) is 41.9. The third kappa shape index (κ3) is 4.82. The Labute approximate surface area is 186 Å². The number of benzene rings is 1. The van der Waals surface area contributed by atoms with Crippen molar-refractivity contribution in [1.29, 1.82) is 0 Å². The number of piperidine rings is 1. The number of hydrogen-bond donors (Lipinski definition) is 0. The molecule has 2 aromatic rings. The summed E-state index contributed by atoms with van der Waals surface area (Å²) in [5, 5.41) is 1.89.